The van der Waals surface area contributed by atoms with Gasteiger partial charge in [0.1, 0.15) is 5.54 Å². The lowest BCUT2D eigenvalue weighted by Crippen LogP contribution is -2.50. The first-order chi connectivity index (χ1) is 11.0. The Hall–Kier alpha value is -2.26. The highest BCUT2D eigenvalue weighted by Crippen LogP contribution is 2.27. The summed E-state index contributed by atoms with van der Waals surface area (Å²) in [6.07, 6.45) is 4.08. The largest absolute Gasteiger partial charge is 0.452 e. The van der Waals surface area contributed by atoms with E-state index in [2.05, 4.69) is 11.4 Å². The Bertz CT molecular complexity index is 648. The van der Waals surface area contributed by atoms with Crippen LogP contribution in [0, 0.1) is 11.3 Å². The summed E-state index contributed by atoms with van der Waals surface area (Å²) in [6.45, 7) is -0.464. The van der Waals surface area contributed by atoms with Crippen LogP contribution in [-0.4, -0.2) is 24.0 Å². The van der Waals surface area contributed by atoms with Crippen molar-refractivity contribution in [2.75, 3.05) is 12.3 Å². The summed E-state index contributed by atoms with van der Waals surface area (Å²) in [4.78, 5) is 23.9. The van der Waals surface area contributed by atoms with Gasteiger partial charge in [-0.3, -0.25) is 4.79 Å². The molecule has 0 bridgehead atoms. The first kappa shape index (κ1) is 17.1. The second kappa shape index (κ2) is 7.34. The number of carbonyl (C=O) groups is 2. The van der Waals surface area contributed by atoms with Gasteiger partial charge in [0.2, 0.25) is 0 Å². The molecule has 122 valence electrons. The summed E-state index contributed by atoms with van der Waals surface area (Å²) in [6, 6.07) is 6.61. The summed E-state index contributed by atoms with van der Waals surface area (Å²) < 4.78 is 4.96. The second-order valence-electron chi connectivity index (χ2n) is 5.61. The standard InChI is InChI=1S/C16H18ClN3O3/c17-11-4-5-13(19)12(8-11)15(22)23-9-14(21)20-16(10-18)6-2-1-3-7-16/h4-5,8H,1-3,6-7,9,19H2,(H,20,21). The lowest BCUT2D eigenvalue weighted by molar-refractivity contribution is -0.125. The fourth-order valence-electron chi connectivity index (χ4n) is 2.64. The molecule has 0 aromatic heterocycles. The fourth-order valence-corrected chi connectivity index (χ4v) is 2.81. The highest BCUT2D eigenvalue weighted by atomic mass is 35.5. The number of amides is 1. The van der Waals surface area contributed by atoms with E-state index in [1.165, 1.54) is 12.1 Å². The van der Waals surface area contributed by atoms with E-state index < -0.39 is 24.0 Å². The van der Waals surface area contributed by atoms with Crippen molar-refractivity contribution in [2.45, 2.75) is 37.6 Å². The van der Waals surface area contributed by atoms with Crippen LogP contribution in [0.4, 0.5) is 5.69 Å². The first-order valence-corrected chi connectivity index (χ1v) is 7.78. The molecule has 1 aromatic rings. The minimum absolute atomic E-state index is 0.109. The Morgan fingerprint density at radius 1 is 1.35 bits per heavy atom. The van der Waals surface area contributed by atoms with Crippen molar-refractivity contribution in [3.05, 3.63) is 28.8 Å². The van der Waals surface area contributed by atoms with Crippen molar-refractivity contribution in [1.82, 2.24) is 5.32 Å². The number of esters is 1. The molecule has 2 rings (SSSR count). The Morgan fingerprint density at radius 2 is 2.04 bits per heavy atom. The Labute approximate surface area is 139 Å². The molecule has 0 spiro atoms. The molecule has 1 aromatic carbocycles. The van der Waals surface area contributed by atoms with Gasteiger partial charge in [0, 0.05) is 10.7 Å². The second-order valence-corrected chi connectivity index (χ2v) is 6.05. The molecule has 0 atom stereocenters. The van der Waals surface area contributed by atoms with Crippen molar-refractivity contribution in [2.24, 2.45) is 0 Å². The first-order valence-electron chi connectivity index (χ1n) is 7.40. The lowest BCUT2D eigenvalue weighted by atomic mass is 9.83. The monoisotopic (exact) mass is 335 g/mol. The molecule has 6 nitrogen and oxygen atoms in total. The van der Waals surface area contributed by atoms with Crippen LogP contribution < -0.4 is 11.1 Å². The maximum atomic E-state index is 12.0. The zero-order chi connectivity index (χ0) is 16.9. The number of halogens is 1. The molecule has 0 heterocycles. The third kappa shape index (κ3) is 4.36. The molecule has 0 unspecified atom stereocenters. The fraction of sp³-hybridized carbons (Fsp3) is 0.438. The van der Waals surface area contributed by atoms with Crippen molar-refractivity contribution in [1.29, 1.82) is 5.26 Å². The molecule has 1 aliphatic carbocycles. The molecular formula is C16H18ClN3O3. The molecule has 23 heavy (non-hydrogen) atoms. The van der Waals surface area contributed by atoms with Gasteiger partial charge in [-0.2, -0.15) is 5.26 Å². The maximum Gasteiger partial charge on any atom is 0.340 e. The number of nitriles is 1. The average Bonchev–Trinajstić information content (AvgIpc) is 2.55. The van der Waals surface area contributed by atoms with Crippen molar-refractivity contribution in [3.63, 3.8) is 0 Å². The number of nitrogen functional groups attached to an aromatic ring is 1. The molecule has 1 amide bonds. The Morgan fingerprint density at radius 3 is 2.70 bits per heavy atom. The van der Waals surface area contributed by atoms with Crippen LogP contribution in [0.5, 0.6) is 0 Å². The summed E-state index contributed by atoms with van der Waals surface area (Å²) in [5.41, 5.74) is 5.17. The SMILES string of the molecule is N#CC1(NC(=O)COC(=O)c2cc(Cl)ccc2N)CCCCC1. The minimum atomic E-state index is -0.850. The number of nitrogens with one attached hydrogen (secondary N) is 1. The Kier molecular flexibility index (Phi) is 5.45. The molecule has 3 N–H and O–H groups in total. The number of nitrogens with two attached hydrogens (primary N) is 1. The van der Waals surface area contributed by atoms with Gasteiger partial charge in [-0.15, -0.1) is 0 Å². The number of rotatable bonds is 4. The molecule has 1 fully saturated rings. The van der Waals surface area contributed by atoms with E-state index >= 15 is 0 Å². The van der Waals surface area contributed by atoms with Crippen LogP contribution in [0.25, 0.3) is 0 Å². The number of hydrogen-bond acceptors (Lipinski definition) is 5. The summed E-state index contributed by atoms with van der Waals surface area (Å²) >= 11 is 5.81. The van der Waals surface area contributed by atoms with E-state index in [4.69, 9.17) is 22.1 Å². The van der Waals surface area contributed by atoms with Gasteiger partial charge in [-0.05, 0) is 31.0 Å². The summed E-state index contributed by atoms with van der Waals surface area (Å²) in [7, 11) is 0. The van der Waals surface area contributed by atoms with E-state index in [0.29, 0.717) is 17.9 Å². The quantitative estimate of drug-likeness (QED) is 0.649. The average molecular weight is 336 g/mol. The van der Waals surface area contributed by atoms with Crippen LogP contribution >= 0.6 is 11.6 Å². The van der Waals surface area contributed by atoms with Crippen molar-refractivity contribution >= 4 is 29.2 Å². The van der Waals surface area contributed by atoms with Crippen molar-refractivity contribution < 1.29 is 14.3 Å². The summed E-state index contributed by atoms with van der Waals surface area (Å²) in [5.74, 6) is -1.22. The smallest absolute Gasteiger partial charge is 0.340 e. The highest BCUT2D eigenvalue weighted by Gasteiger charge is 2.33. The lowest BCUT2D eigenvalue weighted by Gasteiger charge is -2.31. The normalized spacial score (nSPS) is 16.2. The summed E-state index contributed by atoms with van der Waals surface area (Å²) in [5, 5.41) is 12.3. The third-order valence-electron chi connectivity index (χ3n) is 3.87. The number of ether oxygens (including phenoxy) is 1. The predicted molar refractivity (Wildman–Crippen MR) is 85.7 cm³/mol. The van der Waals surface area contributed by atoms with E-state index in [0.717, 1.165) is 19.3 Å². The number of hydrogen-bond donors (Lipinski definition) is 2. The van der Waals surface area contributed by atoms with E-state index in [1.807, 2.05) is 0 Å². The van der Waals surface area contributed by atoms with E-state index in [-0.39, 0.29) is 11.3 Å². The third-order valence-corrected chi connectivity index (χ3v) is 4.10. The van der Waals surface area contributed by atoms with Gasteiger partial charge >= 0.3 is 5.97 Å². The minimum Gasteiger partial charge on any atom is -0.452 e. The zero-order valence-corrected chi connectivity index (χ0v) is 13.4. The molecule has 0 saturated heterocycles. The molecule has 7 heteroatoms. The molecule has 0 radical (unpaired) electrons. The maximum absolute atomic E-state index is 12.0. The van der Waals surface area contributed by atoms with Crippen LogP contribution in [0.15, 0.2) is 18.2 Å². The van der Waals surface area contributed by atoms with Crippen LogP contribution in [0.1, 0.15) is 42.5 Å². The van der Waals surface area contributed by atoms with Gasteiger partial charge in [-0.1, -0.05) is 30.9 Å². The van der Waals surface area contributed by atoms with Crippen LogP contribution in [0.2, 0.25) is 5.02 Å². The Balaban J connectivity index is 1.92. The van der Waals surface area contributed by atoms with Crippen LogP contribution in [0.3, 0.4) is 0 Å². The predicted octanol–water partition coefficient (Wildman–Crippen LogP) is 2.42. The topological polar surface area (TPSA) is 105 Å². The van der Waals surface area contributed by atoms with E-state index in [1.54, 1.807) is 6.07 Å². The van der Waals surface area contributed by atoms with Gasteiger partial charge in [0.25, 0.3) is 5.91 Å². The van der Waals surface area contributed by atoms with E-state index in [9.17, 15) is 14.9 Å². The zero-order valence-electron chi connectivity index (χ0n) is 12.6. The van der Waals surface area contributed by atoms with Gasteiger partial charge in [0.05, 0.1) is 11.6 Å². The molecule has 0 aliphatic heterocycles. The number of anilines is 1. The molecular weight excluding hydrogens is 318 g/mol. The molecule has 1 saturated carbocycles. The number of benzene rings is 1. The van der Waals surface area contributed by atoms with Gasteiger partial charge in [-0.25, -0.2) is 4.79 Å². The highest BCUT2D eigenvalue weighted by molar-refractivity contribution is 6.31. The number of carbonyl (C=O) groups excluding carboxylic acids is 2. The number of nitrogens with zero attached hydrogens (tertiary/aromatic N) is 1. The van der Waals surface area contributed by atoms with Gasteiger partial charge < -0.3 is 15.8 Å². The molecule has 1 aliphatic rings. The van der Waals surface area contributed by atoms with Crippen LogP contribution in [-0.2, 0) is 9.53 Å². The van der Waals surface area contributed by atoms with Crippen molar-refractivity contribution in [3.8, 4) is 6.07 Å². The van der Waals surface area contributed by atoms with Gasteiger partial charge in [0.15, 0.2) is 6.61 Å².